The van der Waals surface area contributed by atoms with Gasteiger partial charge in [0, 0.05) is 36.8 Å². The molecule has 10 heteroatoms. The second-order valence-corrected chi connectivity index (χ2v) is 8.61. The van der Waals surface area contributed by atoms with Gasteiger partial charge in [-0.2, -0.15) is 4.31 Å². The molecule has 8 nitrogen and oxygen atoms in total. The van der Waals surface area contributed by atoms with Crippen LogP contribution in [0.3, 0.4) is 0 Å². The molecule has 1 saturated heterocycles. The second-order valence-electron chi connectivity index (χ2n) is 5.76. The number of aromatic nitrogens is 1. The van der Waals surface area contributed by atoms with Gasteiger partial charge >= 0.3 is 0 Å². The van der Waals surface area contributed by atoms with Crippen molar-refractivity contribution in [1.29, 1.82) is 0 Å². The number of benzene rings is 1. The van der Waals surface area contributed by atoms with E-state index in [-0.39, 0.29) is 22.9 Å². The van der Waals surface area contributed by atoms with E-state index in [0.29, 0.717) is 23.8 Å². The Labute approximate surface area is 156 Å². The van der Waals surface area contributed by atoms with E-state index in [4.69, 9.17) is 10.5 Å². The number of hydrogen-bond acceptors (Lipinski definition) is 7. The maximum absolute atomic E-state index is 12.7. The summed E-state index contributed by atoms with van der Waals surface area (Å²) < 4.78 is 32.2. The summed E-state index contributed by atoms with van der Waals surface area (Å²) in [5.41, 5.74) is 6.19. The lowest BCUT2D eigenvalue weighted by Crippen LogP contribution is -2.28. The van der Waals surface area contributed by atoms with E-state index < -0.39 is 15.9 Å². The monoisotopic (exact) mass is 396 g/mol. The highest BCUT2D eigenvalue weighted by Crippen LogP contribution is 2.31. The summed E-state index contributed by atoms with van der Waals surface area (Å²) in [5, 5.41) is 4.99. The van der Waals surface area contributed by atoms with Crippen LogP contribution in [0.4, 0.5) is 5.69 Å². The second kappa shape index (κ2) is 7.70. The zero-order chi connectivity index (χ0) is 18.7. The quantitative estimate of drug-likeness (QED) is 0.767. The minimum Gasteiger partial charge on any atom is -0.495 e. The average Bonchev–Trinajstić information content (AvgIpc) is 3.33. The van der Waals surface area contributed by atoms with Crippen LogP contribution in [0.5, 0.6) is 5.75 Å². The Morgan fingerprint density at radius 1 is 1.38 bits per heavy atom. The zero-order valence-electron chi connectivity index (χ0n) is 14.3. The third-order valence-electron chi connectivity index (χ3n) is 4.06. The number of rotatable bonds is 6. The van der Waals surface area contributed by atoms with Gasteiger partial charge in [-0.3, -0.25) is 4.79 Å². The van der Waals surface area contributed by atoms with Gasteiger partial charge in [0.05, 0.1) is 7.11 Å². The van der Waals surface area contributed by atoms with Crippen LogP contribution in [0.15, 0.2) is 28.5 Å². The number of anilines is 1. The Balaban J connectivity index is 1.83. The number of nitrogens with zero attached hydrogens (tertiary/aromatic N) is 2. The maximum Gasteiger partial charge on any atom is 0.275 e. The molecule has 26 heavy (non-hydrogen) atoms. The van der Waals surface area contributed by atoms with E-state index in [1.54, 1.807) is 11.4 Å². The Kier molecular flexibility index (Phi) is 5.56. The zero-order valence-corrected chi connectivity index (χ0v) is 15.9. The summed E-state index contributed by atoms with van der Waals surface area (Å²) in [6.45, 7) is 1.30. The summed E-state index contributed by atoms with van der Waals surface area (Å²) in [6, 6.07) is 4.49. The average molecular weight is 396 g/mol. The minimum absolute atomic E-state index is 0.0963. The van der Waals surface area contributed by atoms with Crippen molar-refractivity contribution in [3.05, 3.63) is 34.3 Å². The molecule has 1 amide bonds. The number of ether oxygens (including phenoxy) is 1. The largest absolute Gasteiger partial charge is 0.495 e. The smallest absolute Gasteiger partial charge is 0.275 e. The van der Waals surface area contributed by atoms with E-state index in [1.165, 1.54) is 34.9 Å². The molecule has 3 N–H and O–H groups in total. The summed E-state index contributed by atoms with van der Waals surface area (Å²) in [6.07, 6.45) is 1.71. The third kappa shape index (κ3) is 3.73. The minimum atomic E-state index is -3.61. The van der Waals surface area contributed by atoms with Crippen molar-refractivity contribution < 1.29 is 17.9 Å². The molecule has 0 spiro atoms. The molecule has 1 aliphatic rings. The summed E-state index contributed by atoms with van der Waals surface area (Å²) in [4.78, 5) is 16.5. The van der Waals surface area contributed by atoms with Gasteiger partial charge in [0.1, 0.15) is 21.3 Å². The first-order chi connectivity index (χ1) is 12.5. The molecule has 0 bridgehead atoms. The fraction of sp³-hybridized carbons (Fsp3) is 0.375. The standard InChI is InChI=1S/C16H20N4O4S2/c1-24-13-8-11(18-16(21)12-10-25-15(9-17)19-12)4-5-14(13)26(22,23)20-6-2-3-7-20/h4-5,8,10H,2-3,6-7,9,17H2,1H3,(H,18,21). The molecule has 1 aromatic heterocycles. The molecule has 1 aromatic carbocycles. The molecule has 2 heterocycles. The van der Waals surface area contributed by atoms with E-state index in [2.05, 4.69) is 10.3 Å². The lowest BCUT2D eigenvalue weighted by Gasteiger charge is -2.18. The number of nitrogens with one attached hydrogen (secondary N) is 1. The van der Waals surface area contributed by atoms with Gasteiger partial charge in [0.25, 0.3) is 5.91 Å². The normalized spacial score (nSPS) is 15.2. The van der Waals surface area contributed by atoms with Crippen molar-refractivity contribution in [3.63, 3.8) is 0 Å². The predicted octanol–water partition coefficient (Wildman–Crippen LogP) is 1.65. The van der Waals surface area contributed by atoms with Crippen LogP contribution in [-0.4, -0.2) is 43.8 Å². The maximum atomic E-state index is 12.7. The van der Waals surface area contributed by atoms with Gasteiger partial charge in [-0.1, -0.05) is 0 Å². The number of hydrogen-bond donors (Lipinski definition) is 2. The Morgan fingerprint density at radius 2 is 2.12 bits per heavy atom. The number of amides is 1. The number of carbonyl (C=O) groups excluding carboxylic acids is 1. The van der Waals surface area contributed by atoms with Crippen LogP contribution in [0.25, 0.3) is 0 Å². The fourth-order valence-electron chi connectivity index (χ4n) is 2.73. The highest BCUT2D eigenvalue weighted by Gasteiger charge is 2.30. The van der Waals surface area contributed by atoms with E-state index >= 15 is 0 Å². The topological polar surface area (TPSA) is 115 Å². The van der Waals surface area contributed by atoms with Gasteiger partial charge < -0.3 is 15.8 Å². The highest BCUT2D eigenvalue weighted by atomic mass is 32.2. The van der Waals surface area contributed by atoms with Crippen LogP contribution < -0.4 is 15.8 Å². The van der Waals surface area contributed by atoms with Crippen molar-refractivity contribution in [1.82, 2.24) is 9.29 Å². The van der Waals surface area contributed by atoms with Crippen molar-refractivity contribution in [2.45, 2.75) is 24.3 Å². The number of sulfonamides is 1. The molecule has 2 aromatic rings. The number of nitrogens with two attached hydrogens (primary N) is 1. The van der Waals surface area contributed by atoms with Crippen molar-refractivity contribution in [3.8, 4) is 5.75 Å². The van der Waals surface area contributed by atoms with Crippen LogP contribution in [0.2, 0.25) is 0 Å². The molecule has 0 aliphatic carbocycles. The molecule has 1 fully saturated rings. The first-order valence-electron chi connectivity index (χ1n) is 8.09. The van der Waals surface area contributed by atoms with Crippen LogP contribution >= 0.6 is 11.3 Å². The summed E-state index contributed by atoms with van der Waals surface area (Å²) in [5.74, 6) is -0.200. The van der Waals surface area contributed by atoms with Gasteiger partial charge in [-0.25, -0.2) is 13.4 Å². The van der Waals surface area contributed by atoms with Gasteiger partial charge in [0.2, 0.25) is 10.0 Å². The first-order valence-corrected chi connectivity index (χ1v) is 10.4. The van der Waals surface area contributed by atoms with Crippen molar-refractivity contribution in [2.75, 3.05) is 25.5 Å². The Hall–Kier alpha value is -2.01. The lowest BCUT2D eigenvalue weighted by molar-refractivity contribution is 0.102. The van der Waals surface area contributed by atoms with E-state index in [0.717, 1.165) is 12.8 Å². The van der Waals surface area contributed by atoms with E-state index in [1.807, 2.05) is 0 Å². The molecular weight excluding hydrogens is 376 g/mol. The molecule has 0 atom stereocenters. The van der Waals surface area contributed by atoms with Crippen molar-refractivity contribution >= 4 is 33.0 Å². The SMILES string of the molecule is COc1cc(NC(=O)c2csc(CN)n2)ccc1S(=O)(=O)N1CCCC1. The third-order valence-corrected chi connectivity index (χ3v) is 6.87. The molecule has 3 rings (SSSR count). The van der Waals surface area contributed by atoms with Crippen molar-refractivity contribution in [2.24, 2.45) is 5.73 Å². The predicted molar refractivity (Wildman–Crippen MR) is 98.9 cm³/mol. The highest BCUT2D eigenvalue weighted by molar-refractivity contribution is 7.89. The number of carbonyl (C=O) groups is 1. The lowest BCUT2D eigenvalue weighted by atomic mass is 10.3. The first kappa shape index (κ1) is 18.8. The van der Waals surface area contributed by atoms with Gasteiger partial charge in [-0.15, -0.1) is 11.3 Å². The summed E-state index contributed by atoms with van der Waals surface area (Å²) >= 11 is 1.31. The van der Waals surface area contributed by atoms with Crippen LogP contribution in [-0.2, 0) is 16.6 Å². The molecule has 140 valence electrons. The number of thiazole rings is 1. The fourth-order valence-corrected chi connectivity index (χ4v) is 5.04. The number of methoxy groups -OCH3 is 1. The van der Waals surface area contributed by atoms with Gasteiger partial charge in [-0.05, 0) is 25.0 Å². The van der Waals surface area contributed by atoms with Crippen LogP contribution in [0.1, 0.15) is 28.3 Å². The van der Waals surface area contributed by atoms with E-state index in [9.17, 15) is 13.2 Å². The summed E-state index contributed by atoms with van der Waals surface area (Å²) in [7, 11) is -2.21. The Bertz CT molecular complexity index is 905. The van der Waals surface area contributed by atoms with Crippen LogP contribution in [0, 0.1) is 0 Å². The molecule has 1 aliphatic heterocycles. The Morgan fingerprint density at radius 3 is 2.73 bits per heavy atom. The molecule has 0 saturated carbocycles. The molecular formula is C16H20N4O4S2. The molecule has 0 unspecified atom stereocenters. The van der Waals surface area contributed by atoms with Gasteiger partial charge in [0.15, 0.2) is 0 Å². The molecule has 0 radical (unpaired) electrons.